The van der Waals surface area contributed by atoms with Crippen molar-refractivity contribution in [1.82, 2.24) is 10.2 Å². The molecular formula is C13H20N2O4. The maximum atomic E-state index is 12.6. The van der Waals surface area contributed by atoms with Crippen molar-refractivity contribution < 1.29 is 19.1 Å². The van der Waals surface area contributed by atoms with Gasteiger partial charge < -0.3 is 9.64 Å². The molecule has 6 nitrogen and oxygen atoms in total. The summed E-state index contributed by atoms with van der Waals surface area (Å²) in [6, 6.07) is 0. The van der Waals surface area contributed by atoms with Crippen LogP contribution in [0.5, 0.6) is 0 Å². The van der Waals surface area contributed by atoms with E-state index in [0.717, 1.165) is 6.42 Å². The van der Waals surface area contributed by atoms with E-state index in [0.29, 0.717) is 13.0 Å². The van der Waals surface area contributed by atoms with Gasteiger partial charge in [0.15, 0.2) is 0 Å². The number of piperazine rings is 1. The Morgan fingerprint density at radius 2 is 2.16 bits per heavy atom. The van der Waals surface area contributed by atoms with Gasteiger partial charge >= 0.3 is 0 Å². The standard InChI is InChI=1S/C13H20N2O4/c1-4-9-8(5-6-19-9)11(17)15-7-10(16)14-12(18)13(15,2)3/h8-9H,4-7H2,1-3H3,(H,14,16,18). The van der Waals surface area contributed by atoms with Crippen molar-refractivity contribution in [3.63, 3.8) is 0 Å². The number of rotatable bonds is 2. The lowest BCUT2D eigenvalue weighted by molar-refractivity contribution is -0.158. The van der Waals surface area contributed by atoms with Gasteiger partial charge in [0.1, 0.15) is 12.1 Å². The lowest BCUT2D eigenvalue weighted by Crippen LogP contribution is -2.66. The Kier molecular flexibility index (Phi) is 3.62. The average Bonchev–Trinajstić information content (AvgIpc) is 2.81. The van der Waals surface area contributed by atoms with E-state index in [9.17, 15) is 14.4 Å². The summed E-state index contributed by atoms with van der Waals surface area (Å²) in [5.41, 5.74) is -0.994. The number of hydrogen-bond acceptors (Lipinski definition) is 4. The van der Waals surface area contributed by atoms with Gasteiger partial charge in [0.05, 0.1) is 12.0 Å². The minimum absolute atomic E-state index is 0.0650. The van der Waals surface area contributed by atoms with E-state index in [1.165, 1.54) is 4.90 Å². The van der Waals surface area contributed by atoms with Crippen molar-refractivity contribution >= 4 is 17.7 Å². The molecule has 106 valence electrons. The fourth-order valence-corrected chi connectivity index (χ4v) is 2.67. The number of nitrogens with zero attached hydrogens (tertiary/aromatic N) is 1. The van der Waals surface area contributed by atoms with Crippen LogP contribution in [0.25, 0.3) is 0 Å². The van der Waals surface area contributed by atoms with Crippen LogP contribution < -0.4 is 5.32 Å². The van der Waals surface area contributed by atoms with Crippen LogP contribution in [0.2, 0.25) is 0 Å². The molecule has 6 heteroatoms. The van der Waals surface area contributed by atoms with E-state index in [2.05, 4.69) is 5.32 Å². The Bertz CT molecular complexity index is 419. The average molecular weight is 268 g/mol. The molecule has 0 aromatic carbocycles. The van der Waals surface area contributed by atoms with E-state index in [1.54, 1.807) is 13.8 Å². The molecule has 0 aromatic heterocycles. The van der Waals surface area contributed by atoms with Crippen LogP contribution in [-0.2, 0) is 19.1 Å². The van der Waals surface area contributed by atoms with Crippen molar-refractivity contribution in [2.75, 3.05) is 13.2 Å². The van der Waals surface area contributed by atoms with Crippen molar-refractivity contribution in [1.29, 1.82) is 0 Å². The van der Waals surface area contributed by atoms with E-state index >= 15 is 0 Å². The molecule has 3 amide bonds. The summed E-state index contributed by atoms with van der Waals surface area (Å²) >= 11 is 0. The first kappa shape index (κ1) is 14.0. The number of carbonyl (C=O) groups excluding carboxylic acids is 3. The smallest absolute Gasteiger partial charge is 0.252 e. The number of hydrogen-bond donors (Lipinski definition) is 1. The summed E-state index contributed by atoms with van der Waals surface area (Å²) in [5, 5.41) is 2.27. The van der Waals surface area contributed by atoms with E-state index < -0.39 is 17.4 Å². The first-order valence-corrected chi connectivity index (χ1v) is 6.65. The number of nitrogens with one attached hydrogen (secondary N) is 1. The zero-order valence-electron chi connectivity index (χ0n) is 11.6. The van der Waals surface area contributed by atoms with Crippen LogP contribution in [0.4, 0.5) is 0 Å². The maximum absolute atomic E-state index is 12.6. The highest BCUT2D eigenvalue weighted by Gasteiger charge is 2.47. The van der Waals surface area contributed by atoms with Gasteiger partial charge in [0.2, 0.25) is 11.8 Å². The van der Waals surface area contributed by atoms with Gasteiger partial charge in [-0.2, -0.15) is 0 Å². The summed E-state index contributed by atoms with van der Waals surface area (Å²) in [5.74, 6) is -1.26. The van der Waals surface area contributed by atoms with Crippen LogP contribution in [-0.4, -0.2) is 47.4 Å². The highest BCUT2D eigenvalue weighted by atomic mass is 16.5. The van der Waals surface area contributed by atoms with Crippen LogP contribution in [0.15, 0.2) is 0 Å². The molecule has 2 saturated heterocycles. The molecule has 2 aliphatic rings. The first-order chi connectivity index (χ1) is 8.87. The third kappa shape index (κ3) is 2.36. The molecule has 2 fully saturated rings. The third-order valence-corrected chi connectivity index (χ3v) is 3.98. The summed E-state index contributed by atoms with van der Waals surface area (Å²) in [4.78, 5) is 37.3. The van der Waals surface area contributed by atoms with Crippen molar-refractivity contribution in [3.05, 3.63) is 0 Å². The van der Waals surface area contributed by atoms with E-state index in [-0.39, 0.29) is 24.5 Å². The molecule has 2 rings (SSSR count). The van der Waals surface area contributed by atoms with Crippen LogP contribution in [0.3, 0.4) is 0 Å². The highest BCUT2D eigenvalue weighted by molar-refractivity contribution is 6.06. The monoisotopic (exact) mass is 268 g/mol. The number of imide groups is 1. The maximum Gasteiger partial charge on any atom is 0.252 e. The van der Waals surface area contributed by atoms with Crippen molar-refractivity contribution in [2.45, 2.75) is 45.3 Å². The molecular weight excluding hydrogens is 248 g/mol. The van der Waals surface area contributed by atoms with Gasteiger partial charge in [-0.25, -0.2) is 0 Å². The van der Waals surface area contributed by atoms with Gasteiger partial charge in [-0.1, -0.05) is 6.92 Å². The van der Waals surface area contributed by atoms with Gasteiger partial charge in [0.25, 0.3) is 5.91 Å². The largest absolute Gasteiger partial charge is 0.377 e. The molecule has 2 aliphatic heterocycles. The molecule has 0 bridgehead atoms. The summed E-state index contributed by atoms with van der Waals surface area (Å²) in [6.07, 6.45) is 1.30. The molecule has 0 aromatic rings. The lowest BCUT2D eigenvalue weighted by Gasteiger charge is -2.41. The van der Waals surface area contributed by atoms with Crippen molar-refractivity contribution in [3.8, 4) is 0 Å². The second kappa shape index (κ2) is 4.92. The van der Waals surface area contributed by atoms with Crippen LogP contribution >= 0.6 is 0 Å². The van der Waals surface area contributed by atoms with E-state index in [1.807, 2.05) is 6.92 Å². The lowest BCUT2D eigenvalue weighted by atomic mass is 9.92. The third-order valence-electron chi connectivity index (χ3n) is 3.98. The molecule has 0 aliphatic carbocycles. The van der Waals surface area contributed by atoms with Crippen LogP contribution in [0, 0.1) is 5.92 Å². The summed E-state index contributed by atoms with van der Waals surface area (Å²) in [7, 11) is 0. The fraction of sp³-hybridized carbons (Fsp3) is 0.769. The van der Waals surface area contributed by atoms with Gasteiger partial charge in [-0.05, 0) is 26.7 Å². The second-order valence-electron chi connectivity index (χ2n) is 5.57. The Hall–Kier alpha value is -1.43. The fourth-order valence-electron chi connectivity index (χ4n) is 2.67. The predicted molar refractivity (Wildman–Crippen MR) is 67.1 cm³/mol. The second-order valence-corrected chi connectivity index (χ2v) is 5.57. The molecule has 1 N–H and O–H groups in total. The molecule has 0 spiro atoms. The Morgan fingerprint density at radius 3 is 2.79 bits per heavy atom. The van der Waals surface area contributed by atoms with Crippen molar-refractivity contribution in [2.24, 2.45) is 5.92 Å². The topological polar surface area (TPSA) is 75.7 Å². The quantitative estimate of drug-likeness (QED) is 0.719. The molecule has 2 atom stereocenters. The Labute approximate surface area is 112 Å². The zero-order chi connectivity index (χ0) is 14.2. The number of ether oxygens (including phenoxy) is 1. The number of carbonyl (C=O) groups is 3. The minimum Gasteiger partial charge on any atom is -0.377 e. The molecule has 19 heavy (non-hydrogen) atoms. The SMILES string of the molecule is CCC1OCCC1C(=O)N1CC(=O)NC(=O)C1(C)C. The summed E-state index contributed by atoms with van der Waals surface area (Å²) < 4.78 is 5.52. The predicted octanol–water partition coefficient (Wildman–Crippen LogP) is 0.0651. The molecule has 0 saturated carbocycles. The molecule has 2 heterocycles. The summed E-state index contributed by atoms with van der Waals surface area (Å²) in [6.45, 7) is 5.77. The normalized spacial score (nSPS) is 30.4. The van der Waals surface area contributed by atoms with Gasteiger partial charge in [0, 0.05) is 6.61 Å². The van der Waals surface area contributed by atoms with E-state index in [4.69, 9.17) is 4.74 Å². The zero-order valence-corrected chi connectivity index (χ0v) is 11.6. The van der Waals surface area contributed by atoms with Gasteiger partial charge in [-0.3, -0.25) is 19.7 Å². The molecule has 0 radical (unpaired) electrons. The number of amides is 3. The first-order valence-electron chi connectivity index (χ1n) is 6.65. The minimum atomic E-state index is -0.994. The highest BCUT2D eigenvalue weighted by Crippen LogP contribution is 2.29. The van der Waals surface area contributed by atoms with Crippen LogP contribution in [0.1, 0.15) is 33.6 Å². The molecule has 2 unspecified atom stereocenters. The Morgan fingerprint density at radius 1 is 1.47 bits per heavy atom. The Balaban J connectivity index is 2.21. The van der Waals surface area contributed by atoms with Gasteiger partial charge in [-0.15, -0.1) is 0 Å².